The molecule has 4 aromatic rings. The lowest BCUT2D eigenvalue weighted by atomic mass is 10.1. The number of anilines is 1. The molecule has 0 unspecified atom stereocenters. The molecule has 2 N–H and O–H groups in total. The first kappa shape index (κ1) is 13.6. The maximum atomic E-state index is 6.31. The first-order valence-electron chi connectivity index (χ1n) is 7.46. The fourth-order valence-corrected chi connectivity index (χ4v) is 2.92. The lowest BCUT2D eigenvalue weighted by Crippen LogP contribution is -2.00. The fraction of sp³-hybridized carbons (Fsp3) is 0.111. The van der Waals surface area contributed by atoms with Crippen molar-refractivity contribution in [1.29, 1.82) is 0 Å². The molecule has 0 aliphatic rings. The monoisotopic (exact) mass is 303 g/mol. The molecule has 0 saturated heterocycles. The summed E-state index contributed by atoms with van der Waals surface area (Å²) >= 11 is 0. The Kier molecular flexibility index (Phi) is 2.94. The Morgan fingerprint density at radius 3 is 2.35 bits per heavy atom. The van der Waals surface area contributed by atoms with Crippen LogP contribution in [0.25, 0.3) is 33.7 Å². The van der Waals surface area contributed by atoms with Crippen molar-refractivity contribution in [2.45, 2.75) is 0 Å². The first-order valence-corrected chi connectivity index (χ1v) is 7.46. The lowest BCUT2D eigenvalue weighted by Gasteiger charge is -2.05. The molecule has 2 aromatic carbocycles. The van der Waals surface area contributed by atoms with Gasteiger partial charge in [0, 0.05) is 19.7 Å². The molecule has 5 heteroatoms. The van der Waals surface area contributed by atoms with Crippen molar-refractivity contribution in [1.82, 2.24) is 19.3 Å². The van der Waals surface area contributed by atoms with E-state index in [2.05, 4.69) is 15.7 Å². The summed E-state index contributed by atoms with van der Waals surface area (Å²) in [5.74, 6) is 1.44. The summed E-state index contributed by atoms with van der Waals surface area (Å²) in [5, 5.41) is 4.61. The number of para-hydroxylation sites is 2. The molecule has 0 bridgehead atoms. The summed E-state index contributed by atoms with van der Waals surface area (Å²) in [7, 11) is 3.86. The maximum Gasteiger partial charge on any atom is 0.146 e. The van der Waals surface area contributed by atoms with Crippen molar-refractivity contribution in [2.24, 2.45) is 14.1 Å². The Bertz CT molecular complexity index is 995. The van der Waals surface area contributed by atoms with Gasteiger partial charge in [-0.1, -0.05) is 42.5 Å². The van der Waals surface area contributed by atoms with Gasteiger partial charge in [0.15, 0.2) is 0 Å². The van der Waals surface area contributed by atoms with Crippen LogP contribution in [0, 0.1) is 0 Å². The normalized spacial score (nSPS) is 11.2. The van der Waals surface area contributed by atoms with Gasteiger partial charge in [0.25, 0.3) is 0 Å². The third-order valence-corrected chi connectivity index (χ3v) is 4.15. The average molecular weight is 303 g/mol. The van der Waals surface area contributed by atoms with Gasteiger partial charge < -0.3 is 10.3 Å². The Morgan fingerprint density at radius 2 is 1.61 bits per heavy atom. The fourth-order valence-electron chi connectivity index (χ4n) is 2.92. The Hall–Kier alpha value is -3.08. The first-order chi connectivity index (χ1) is 11.2. The second-order valence-corrected chi connectivity index (χ2v) is 5.58. The van der Waals surface area contributed by atoms with Gasteiger partial charge in [-0.15, -0.1) is 0 Å². The molecule has 5 nitrogen and oxygen atoms in total. The number of benzene rings is 2. The van der Waals surface area contributed by atoms with Gasteiger partial charge in [0.1, 0.15) is 17.3 Å². The number of aromatic nitrogens is 4. The van der Waals surface area contributed by atoms with E-state index in [9.17, 15) is 0 Å². The molecule has 0 aliphatic carbocycles. The largest absolute Gasteiger partial charge is 0.383 e. The predicted molar refractivity (Wildman–Crippen MR) is 92.8 cm³/mol. The smallest absolute Gasteiger partial charge is 0.146 e. The van der Waals surface area contributed by atoms with Crippen molar-refractivity contribution in [2.75, 3.05) is 5.73 Å². The Labute approximate surface area is 134 Å². The summed E-state index contributed by atoms with van der Waals surface area (Å²) in [4.78, 5) is 4.77. The molecule has 114 valence electrons. The van der Waals surface area contributed by atoms with Crippen LogP contribution in [0.2, 0.25) is 0 Å². The zero-order chi connectivity index (χ0) is 16.0. The van der Waals surface area contributed by atoms with E-state index in [0.29, 0.717) is 5.82 Å². The van der Waals surface area contributed by atoms with Crippen LogP contribution in [0.3, 0.4) is 0 Å². The number of fused-ring (bicyclic) bond motifs is 1. The van der Waals surface area contributed by atoms with Crippen molar-refractivity contribution < 1.29 is 0 Å². The van der Waals surface area contributed by atoms with Crippen LogP contribution in [0.1, 0.15) is 0 Å². The number of rotatable bonds is 2. The lowest BCUT2D eigenvalue weighted by molar-refractivity contribution is 0.782. The van der Waals surface area contributed by atoms with Crippen molar-refractivity contribution in [3.63, 3.8) is 0 Å². The molecular formula is C18H17N5. The molecule has 0 fully saturated rings. The molecular weight excluding hydrogens is 286 g/mol. The van der Waals surface area contributed by atoms with Gasteiger partial charge in [0.05, 0.1) is 16.6 Å². The number of hydrogen-bond donors (Lipinski definition) is 1. The highest BCUT2D eigenvalue weighted by molar-refractivity contribution is 5.89. The summed E-state index contributed by atoms with van der Waals surface area (Å²) < 4.78 is 3.77. The minimum absolute atomic E-state index is 0.613. The van der Waals surface area contributed by atoms with Crippen LogP contribution in [-0.4, -0.2) is 19.3 Å². The zero-order valence-electron chi connectivity index (χ0n) is 13.1. The van der Waals surface area contributed by atoms with Gasteiger partial charge in [-0.3, -0.25) is 4.68 Å². The average Bonchev–Trinajstić information content (AvgIpc) is 3.06. The third kappa shape index (κ3) is 2.01. The van der Waals surface area contributed by atoms with Crippen molar-refractivity contribution >= 4 is 16.9 Å². The second kappa shape index (κ2) is 4.98. The number of nitrogen functional groups attached to an aromatic ring is 1. The number of aryl methyl sites for hydroxylation is 2. The SMILES string of the molecule is Cn1nc(-c2ccccc2)c(-c2nc3ccccc3n2C)c1N. The molecule has 0 amide bonds. The molecule has 0 atom stereocenters. The van der Waals surface area contributed by atoms with Crippen molar-refractivity contribution in [3.8, 4) is 22.6 Å². The van der Waals surface area contributed by atoms with Gasteiger partial charge in [0.2, 0.25) is 0 Å². The molecule has 23 heavy (non-hydrogen) atoms. The van der Waals surface area contributed by atoms with E-state index in [1.807, 2.05) is 62.6 Å². The van der Waals surface area contributed by atoms with Crippen LogP contribution in [0.5, 0.6) is 0 Å². The van der Waals surface area contributed by atoms with Crippen LogP contribution >= 0.6 is 0 Å². The number of nitrogens with two attached hydrogens (primary N) is 1. The van der Waals surface area contributed by atoms with Crippen molar-refractivity contribution in [3.05, 3.63) is 54.6 Å². The molecule has 0 radical (unpaired) electrons. The number of imidazole rings is 1. The van der Waals surface area contributed by atoms with Crippen LogP contribution in [0.15, 0.2) is 54.6 Å². The van der Waals surface area contributed by atoms with Gasteiger partial charge in [-0.2, -0.15) is 5.10 Å². The summed E-state index contributed by atoms with van der Waals surface area (Å²) in [6.07, 6.45) is 0. The molecule has 2 aromatic heterocycles. The molecule has 2 heterocycles. The van der Waals surface area contributed by atoms with E-state index in [0.717, 1.165) is 33.7 Å². The third-order valence-electron chi connectivity index (χ3n) is 4.15. The topological polar surface area (TPSA) is 61.7 Å². The minimum Gasteiger partial charge on any atom is -0.383 e. The van der Waals surface area contributed by atoms with Gasteiger partial charge in [-0.05, 0) is 12.1 Å². The van der Waals surface area contributed by atoms with Crippen LogP contribution in [-0.2, 0) is 14.1 Å². The second-order valence-electron chi connectivity index (χ2n) is 5.58. The number of hydrogen-bond acceptors (Lipinski definition) is 3. The molecule has 0 aliphatic heterocycles. The molecule has 0 saturated carbocycles. The van der Waals surface area contributed by atoms with E-state index >= 15 is 0 Å². The van der Waals surface area contributed by atoms with Gasteiger partial charge >= 0.3 is 0 Å². The number of nitrogens with zero attached hydrogens (tertiary/aromatic N) is 4. The molecule has 4 rings (SSSR count). The van der Waals surface area contributed by atoms with E-state index in [1.54, 1.807) is 4.68 Å². The van der Waals surface area contributed by atoms with E-state index in [4.69, 9.17) is 10.7 Å². The quantitative estimate of drug-likeness (QED) is 0.618. The highest BCUT2D eigenvalue weighted by Gasteiger charge is 2.21. The zero-order valence-corrected chi connectivity index (χ0v) is 13.1. The minimum atomic E-state index is 0.613. The maximum absolute atomic E-state index is 6.31. The highest BCUT2D eigenvalue weighted by atomic mass is 15.3. The van der Waals surface area contributed by atoms with E-state index in [-0.39, 0.29) is 0 Å². The molecule has 0 spiro atoms. The predicted octanol–water partition coefficient (Wildman–Crippen LogP) is 3.22. The summed E-state index contributed by atoms with van der Waals surface area (Å²) in [5.41, 5.74) is 11.1. The van der Waals surface area contributed by atoms with Crippen LogP contribution in [0.4, 0.5) is 5.82 Å². The van der Waals surface area contributed by atoms with Crippen LogP contribution < -0.4 is 5.73 Å². The summed E-state index contributed by atoms with van der Waals surface area (Å²) in [6, 6.07) is 18.1. The van der Waals surface area contributed by atoms with Gasteiger partial charge in [-0.25, -0.2) is 4.98 Å². The Morgan fingerprint density at radius 1 is 0.913 bits per heavy atom. The van der Waals surface area contributed by atoms with E-state index < -0.39 is 0 Å². The standard InChI is InChI=1S/C18H17N5/c1-22-14-11-7-6-10-13(14)20-18(22)15-16(21-23(2)17(15)19)12-8-4-3-5-9-12/h3-11H,19H2,1-2H3. The summed E-state index contributed by atoms with van der Waals surface area (Å²) in [6.45, 7) is 0. The van der Waals surface area contributed by atoms with E-state index in [1.165, 1.54) is 0 Å². The highest BCUT2D eigenvalue weighted by Crippen LogP contribution is 2.36. The Balaban J connectivity index is 2.03.